The molecule has 0 aromatic heterocycles. The summed E-state index contributed by atoms with van der Waals surface area (Å²) in [6.07, 6.45) is 4.15. The van der Waals surface area contributed by atoms with E-state index in [0.717, 1.165) is 12.0 Å². The number of hydrogen-bond acceptors (Lipinski definition) is 2. The van der Waals surface area contributed by atoms with Crippen LogP contribution in [-0.4, -0.2) is 18.1 Å². The Balaban J connectivity index is 1.94. The molecule has 1 aromatic rings. The summed E-state index contributed by atoms with van der Waals surface area (Å²) in [6, 6.07) is 5.84. The monoisotopic (exact) mass is 309 g/mol. The summed E-state index contributed by atoms with van der Waals surface area (Å²) in [4.78, 5) is 12.3. The molecule has 1 fully saturated rings. The van der Waals surface area contributed by atoms with Crippen molar-refractivity contribution in [3.63, 3.8) is 0 Å². The van der Waals surface area contributed by atoms with Gasteiger partial charge in [0, 0.05) is 6.04 Å². The number of rotatable bonds is 4. The molecule has 3 nitrogen and oxygen atoms in total. The van der Waals surface area contributed by atoms with Gasteiger partial charge in [-0.25, -0.2) is 0 Å². The van der Waals surface area contributed by atoms with Gasteiger partial charge in [-0.1, -0.05) is 37.4 Å². The lowest BCUT2D eigenvalue weighted by molar-refractivity contribution is -0.128. The molecule has 116 valence electrons. The van der Waals surface area contributed by atoms with E-state index in [-0.39, 0.29) is 11.9 Å². The van der Waals surface area contributed by atoms with Crippen molar-refractivity contribution in [2.24, 2.45) is 5.92 Å². The predicted octanol–water partition coefficient (Wildman–Crippen LogP) is 4.11. The standard InChI is InChI=1S/C17H24ClNO2/c1-11-8-9-14(18)16(10-11)21-13(3)17(20)19-15-7-5-4-6-12(15)2/h8-10,12-13,15H,4-7H2,1-3H3,(H,19,20). The lowest BCUT2D eigenvalue weighted by atomic mass is 9.86. The van der Waals surface area contributed by atoms with E-state index in [1.165, 1.54) is 19.3 Å². The number of aryl methyl sites for hydroxylation is 1. The van der Waals surface area contributed by atoms with Gasteiger partial charge in [0.25, 0.3) is 5.91 Å². The van der Waals surface area contributed by atoms with E-state index >= 15 is 0 Å². The van der Waals surface area contributed by atoms with Crippen LogP contribution in [0.4, 0.5) is 0 Å². The van der Waals surface area contributed by atoms with Crippen LogP contribution >= 0.6 is 11.6 Å². The van der Waals surface area contributed by atoms with Crippen LogP contribution in [0.15, 0.2) is 18.2 Å². The number of carbonyl (C=O) groups excluding carboxylic acids is 1. The molecule has 0 bridgehead atoms. The molecule has 0 radical (unpaired) electrons. The van der Waals surface area contributed by atoms with E-state index in [0.29, 0.717) is 16.7 Å². The fourth-order valence-corrected chi connectivity index (χ4v) is 2.94. The minimum atomic E-state index is -0.543. The summed E-state index contributed by atoms with van der Waals surface area (Å²) in [6.45, 7) is 5.94. The fraction of sp³-hybridized carbons (Fsp3) is 0.588. The minimum absolute atomic E-state index is 0.0636. The summed E-state index contributed by atoms with van der Waals surface area (Å²) < 4.78 is 5.72. The zero-order valence-corrected chi connectivity index (χ0v) is 13.7. The second-order valence-electron chi connectivity index (χ2n) is 6.07. The first-order valence-corrected chi connectivity index (χ1v) is 8.08. The third-order valence-electron chi connectivity index (χ3n) is 4.20. The van der Waals surface area contributed by atoms with Crippen molar-refractivity contribution in [1.29, 1.82) is 0 Å². The van der Waals surface area contributed by atoms with Gasteiger partial charge >= 0.3 is 0 Å². The van der Waals surface area contributed by atoms with E-state index in [9.17, 15) is 4.79 Å². The topological polar surface area (TPSA) is 38.3 Å². The first-order chi connectivity index (χ1) is 9.97. The zero-order valence-electron chi connectivity index (χ0n) is 13.0. The molecule has 0 saturated heterocycles. The lowest BCUT2D eigenvalue weighted by Gasteiger charge is -2.30. The van der Waals surface area contributed by atoms with E-state index in [4.69, 9.17) is 16.3 Å². The summed E-state index contributed by atoms with van der Waals surface area (Å²) in [7, 11) is 0. The normalized spacial score (nSPS) is 23.4. The molecule has 0 spiro atoms. The maximum absolute atomic E-state index is 12.3. The van der Waals surface area contributed by atoms with Crippen LogP contribution in [0.25, 0.3) is 0 Å². The Kier molecular flexibility index (Phi) is 5.51. The second kappa shape index (κ2) is 7.17. The van der Waals surface area contributed by atoms with Gasteiger partial charge in [-0.15, -0.1) is 0 Å². The maximum Gasteiger partial charge on any atom is 0.261 e. The number of benzene rings is 1. The van der Waals surface area contributed by atoms with Gasteiger partial charge in [0.1, 0.15) is 5.75 Å². The number of hydrogen-bond donors (Lipinski definition) is 1. The minimum Gasteiger partial charge on any atom is -0.479 e. The molecule has 1 N–H and O–H groups in total. The molecule has 0 aliphatic heterocycles. The summed E-state index contributed by atoms with van der Waals surface area (Å²) in [5, 5.41) is 3.65. The molecule has 3 unspecified atom stereocenters. The van der Waals surface area contributed by atoms with Crippen LogP contribution in [0.3, 0.4) is 0 Å². The van der Waals surface area contributed by atoms with Gasteiger partial charge in [-0.2, -0.15) is 0 Å². The highest BCUT2D eigenvalue weighted by molar-refractivity contribution is 6.32. The third-order valence-corrected chi connectivity index (χ3v) is 4.51. The first kappa shape index (κ1) is 16.2. The second-order valence-corrected chi connectivity index (χ2v) is 6.48. The maximum atomic E-state index is 12.3. The van der Waals surface area contributed by atoms with Crippen LogP contribution < -0.4 is 10.1 Å². The average Bonchev–Trinajstić information content (AvgIpc) is 2.45. The van der Waals surface area contributed by atoms with Gasteiger partial charge < -0.3 is 10.1 Å². The number of nitrogens with one attached hydrogen (secondary N) is 1. The fourth-order valence-electron chi connectivity index (χ4n) is 2.78. The number of carbonyl (C=O) groups is 1. The molecular weight excluding hydrogens is 286 g/mol. The average molecular weight is 310 g/mol. The van der Waals surface area contributed by atoms with Gasteiger partial charge in [0.15, 0.2) is 6.10 Å². The molecule has 1 aliphatic rings. The Labute approximate surface area is 132 Å². The summed E-state index contributed by atoms with van der Waals surface area (Å²) in [5.74, 6) is 1.04. The molecule has 1 saturated carbocycles. The van der Waals surface area contributed by atoms with Gasteiger partial charge in [-0.05, 0) is 50.3 Å². The molecule has 0 heterocycles. The molecule has 1 aliphatic carbocycles. The van der Waals surface area contributed by atoms with Crippen LogP contribution in [0.1, 0.15) is 45.1 Å². The van der Waals surface area contributed by atoms with E-state index in [1.807, 2.05) is 19.1 Å². The van der Waals surface area contributed by atoms with Gasteiger partial charge in [0.2, 0.25) is 0 Å². The zero-order chi connectivity index (χ0) is 15.4. The highest BCUT2D eigenvalue weighted by Gasteiger charge is 2.25. The van der Waals surface area contributed by atoms with Crippen molar-refractivity contribution in [1.82, 2.24) is 5.32 Å². The molecule has 4 heteroatoms. The predicted molar refractivity (Wildman–Crippen MR) is 85.8 cm³/mol. The molecule has 1 amide bonds. The Morgan fingerprint density at radius 2 is 2.10 bits per heavy atom. The van der Waals surface area contributed by atoms with E-state index in [2.05, 4.69) is 12.2 Å². The first-order valence-electron chi connectivity index (χ1n) is 7.70. The van der Waals surface area contributed by atoms with Crippen LogP contribution in [0.5, 0.6) is 5.75 Å². The smallest absolute Gasteiger partial charge is 0.261 e. The lowest BCUT2D eigenvalue weighted by Crippen LogP contribution is -2.46. The number of amides is 1. The van der Waals surface area contributed by atoms with E-state index < -0.39 is 6.10 Å². The third kappa shape index (κ3) is 4.37. The highest BCUT2D eigenvalue weighted by Crippen LogP contribution is 2.27. The van der Waals surface area contributed by atoms with Crippen LogP contribution in [0.2, 0.25) is 5.02 Å². The van der Waals surface area contributed by atoms with Gasteiger partial charge in [-0.3, -0.25) is 4.79 Å². The molecule has 21 heavy (non-hydrogen) atoms. The molecular formula is C17H24ClNO2. The van der Waals surface area contributed by atoms with Crippen LogP contribution in [0, 0.1) is 12.8 Å². The number of ether oxygens (including phenoxy) is 1. The van der Waals surface area contributed by atoms with Crippen molar-refractivity contribution >= 4 is 17.5 Å². The van der Waals surface area contributed by atoms with Crippen molar-refractivity contribution < 1.29 is 9.53 Å². The Morgan fingerprint density at radius 1 is 1.38 bits per heavy atom. The Morgan fingerprint density at radius 3 is 2.81 bits per heavy atom. The SMILES string of the molecule is Cc1ccc(Cl)c(OC(C)C(=O)NC2CCCCC2C)c1. The van der Waals surface area contributed by atoms with Crippen LogP contribution in [-0.2, 0) is 4.79 Å². The van der Waals surface area contributed by atoms with Crippen molar-refractivity contribution in [3.8, 4) is 5.75 Å². The van der Waals surface area contributed by atoms with Crippen molar-refractivity contribution in [3.05, 3.63) is 28.8 Å². The highest BCUT2D eigenvalue weighted by atomic mass is 35.5. The Hall–Kier alpha value is -1.22. The van der Waals surface area contributed by atoms with Crippen molar-refractivity contribution in [2.45, 2.75) is 58.6 Å². The van der Waals surface area contributed by atoms with Gasteiger partial charge in [0.05, 0.1) is 5.02 Å². The molecule has 2 rings (SSSR count). The summed E-state index contributed by atoms with van der Waals surface area (Å²) in [5.41, 5.74) is 1.06. The largest absolute Gasteiger partial charge is 0.479 e. The summed E-state index contributed by atoms with van der Waals surface area (Å²) >= 11 is 6.10. The Bertz CT molecular complexity index is 504. The quantitative estimate of drug-likeness (QED) is 0.909. The number of halogens is 1. The van der Waals surface area contributed by atoms with Crippen molar-refractivity contribution in [2.75, 3.05) is 0 Å². The molecule has 1 aromatic carbocycles. The molecule has 3 atom stereocenters. The van der Waals surface area contributed by atoms with E-state index in [1.54, 1.807) is 13.0 Å².